The van der Waals surface area contributed by atoms with Crippen LogP contribution in [0.15, 0.2) is 30.3 Å². The maximum Gasteiger partial charge on any atom is 0.251 e. The van der Waals surface area contributed by atoms with Crippen molar-refractivity contribution >= 4 is 0 Å². The van der Waals surface area contributed by atoms with Crippen LogP contribution >= 0.6 is 0 Å². The number of hydrogen-bond donors (Lipinski definition) is 0. The van der Waals surface area contributed by atoms with Crippen LogP contribution in [0.3, 0.4) is 0 Å². The van der Waals surface area contributed by atoms with Crippen LogP contribution < -0.4 is 0 Å². The molecule has 0 bridgehead atoms. The third-order valence-electron chi connectivity index (χ3n) is 4.94. The van der Waals surface area contributed by atoms with Crippen molar-refractivity contribution < 1.29 is 13.2 Å². The first-order valence-electron chi connectivity index (χ1n) is 8.18. The fourth-order valence-corrected chi connectivity index (χ4v) is 3.51. The van der Waals surface area contributed by atoms with Gasteiger partial charge in [0.2, 0.25) is 5.95 Å². The van der Waals surface area contributed by atoms with E-state index in [2.05, 4.69) is 36.2 Å². The average molecular weight is 319 g/mol. The number of hydrogen-bond acceptors (Lipinski definition) is 1. The number of rotatable bonds is 3. The molecule has 0 unspecified atom stereocenters. The second-order valence-corrected chi connectivity index (χ2v) is 6.28. The summed E-state index contributed by atoms with van der Waals surface area (Å²) >= 11 is 0. The Labute approximate surface area is 134 Å². The van der Waals surface area contributed by atoms with Crippen LogP contribution in [0, 0.1) is 17.7 Å². The molecule has 1 aliphatic carbocycles. The minimum Gasteiger partial charge on any atom is -0.202 e. The van der Waals surface area contributed by atoms with Crippen LogP contribution in [0.2, 0.25) is 0 Å². The molecule has 0 saturated heterocycles. The topological polar surface area (TPSA) is 12.9 Å². The van der Waals surface area contributed by atoms with Gasteiger partial charge in [0.15, 0.2) is 5.82 Å². The van der Waals surface area contributed by atoms with E-state index in [1.807, 2.05) is 0 Å². The number of halogens is 3. The maximum atomic E-state index is 13.8. The van der Waals surface area contributed by atoms with E-state index in [1.54, 1.807) is 0 Å². The first-order chi connectivity index (χ1) is 11.1. The maximum absolute atomic E-state index is 13.8. The largest absolute Gasteiger partial charge is 0.251 e. The van der Waals surface area contributed by atoms with Crippen LogP contribution in [-0.4, -0.2) is 4.98 Å². The van der Waals surface area contributed by atoms with Crippen LogP contribution in [-0.2, 0) is 6.42 Å². The lowest BCUT2D eigenvalue weighted by Crippen LogP contribution is -2.14. The van der Waals surface area contributed by atoms with E-state index in [-0.39, 0.29) is 11.5 Å². The number of benzene rings is 1. The summed E-state index contributed by atoms with van der Waals surface area (Å²) in [4.78, 5) is 3.04. The fourth-order valence-electron chi connectivity index (χ4n) is 3.51. The van der Waals surface area contributed by atoms with Crippen LogP contribution in [0.1, 0.15) is 61.1 Å². The molecule has 1 saturated carbocycles. The molecule has 23 heavy (non-hydrogen) atoms. The van der Waals surface area contributed by atoms with Gasteiger partial charge >= 0.3 is 0 Å². The molecule has 2 aromatic rings. The van der Waals surface area contributed by atoms with E-state index in [9.17, 15) is 13.2 Å². The van der Waals surface area contributed by atoms with Gasteiger partial charge in [-0.1, -0.05) is 31.2 Å². The van der Waals surface area contributed by atoms with Crippen molar-refractivity contribution in [1.29, 1.82) is 0 Å². The van der Waals surface area contributed by atoms with E-state index in [4.69, 9.17) is 0 Å². The Morgan fingerprint density at radius 1 is 0.913 bits per heavy atom. The van der Waals surface area contributed by atoms with Gasteiger partial charge in [0.25, 0.3) is 5.95 Å². The SMILES string of the molecule is CCc1ccc([C@H]2CC[C@H](c3cc(F)c(F)nc3F)CC2)cc1. The molecule has 1 fully saturated rings. The van der Waals surface area contributed by atoms with Gasteiger partial charge in [-0.15, -0.1) is 0 Å². The van der Waals surface area contributed by atoms with Gasteiger partial charge in [0, 0.05) is 5.56 Å². The minimum absolute atomic E-state index is 0.0798. The van der Waals surface area contributed by atoms with Crippen molar-refractivity contribution in [2.75, 3.05) is 0 Å². The third kappa shape index (κ3) is 3.41. The molecular formula is C19H20F3N. The van der Waals surface area contributed by atoms with E-state index >= 15 is 0 Å². The lowest BCUT2D eigenvalue weighted by atomic mass is 9.76. The Hall–Kier alpha value is -1.84. The Balaban J connectivity index is 1.69. The molecule has 122 valence electrons. The highest BCUT2D eigenvalue weighted by Crippen LogP contribution is 2.41. The standard InChI is InChI=1S/C19H20F3N/c1-2-12-3-5-13(6-4-12)14-7-9-15(10-8-14)16-11-17(20)19(22)23-18(16)21/h3-6,11,14-15H,2,7-10H2,1H3/t14-,15-. The molecule has 3 rings (SSSR count). The normalized spacial score (nSPS) is 21.4. The molecule has 1 aliphatic rings. The van der Waals surface area contributed by atoms with E-state index in [0.29, 0.717) is 5.92 Å². The highest BCUT2D eigenvalue weighted by molar-refractivity contribution is 5.27. The Morgan fingerprint density at radius 3 is 2.13 bits per heavy atom. The zero-order chi connectivity index (χ0) is 16.4. The van der Waals surface area contributed by atoms with E-state index in [1.165, 1.54) is 11.1 Å². The van der Waals surface area contributed by atoms with Crippen molar-refractivity contribution in [3.8, 4) is 0 Å². The van der Waals surface area contributed by atoms with E-state index < -0.39 is 17.7 Å². The summed E-state index contributed by atoms with van der Waals surface area (Å²) in [6.07, 6.45) is 4.41. The second kappa shape index (κ2) is 6.73. The fraction of sp³-hybridized carbons (Fsp3) is 0.421. The molecule has 1 aromatic heterocycles. The van der Waals surface area contributed by atoms with Crippen LogP contribution in [0.25, 0.3) is 0 Å². The number of aromatic nitrogens is 1. The summed E-state index contributed by atoms with van der Waals surface area (Å²) in [5.74, 6) is -2.93. The summed E-state index contributed by atoms with van der Waals surface area (Å²) in [5, 5.41) is 0. The zero-order valence-electron chi connectivity index (χ0n) is 13.2. The molecule has 1 nitrogen and oxygen atoms in total. The summed E-state index contributed by atoms with van der Waals surface area (Å²) < 4.78 is 40.1. The molecule has 4 heteroatoms. The predicted molar refractivity (Wildman–Crippen MR) is 83.9 cm³/mol. The van der Waals surface area contributed by atoms with Crippen molar-refractivity contribution in [2.45, 2.75) is 50.9 Å². The van der Waals surface area contributed by atoms with Gasteiger partial charge in [-0.05, 0) is 61.1 Å². The van der Waals surface area contributed by atoms with Gasteiger partial charge in [0.05, 0.1) is 0 Å². The van der Waals surface area contributed by atoms with Gasteiger partial charge in [0.1, 0.15) is 0 Å². The first kappa shape index (κ1) is 16.0. The van der Waals surface area contributed by atoms with Crippen molar-refractivity contribution in [1.82, 2.24) is 4.98 Å². The number of aryl methyl sites for hydroxylation is 1. The lowest BCUT2D eigenvalue weighted by molar-refractivity contribution is 0.373. The van der Waals surface area contributed by atoms with Gasteiger partial charge in [-0.2, -0.15) is 13.8 Å². The summed E-state index contributed by atoms with van der Waals surface area (Å²) in [6.45, 7) is 2.13. The Kier molecular flexibility index (Phi) is 4.69. The molecule has 1 heterocycles. The lowest BCUT2D eigenvalue weighted by Gasteiger charge is -2.29. The smallest absolute Gasteiger partial charge is 0.202 e. The highest BCUT2D eigenvalue weighted by atomic mass is 19.2. The monoisotopic (exact) mass is 319 g/mol. The molecular weight excluding hydrogens is 299 g/mol. The van der Waals surface area contributed by atoms with Crippen LogP contribution in [0.4, 0.5) is 13.2 Å². The van der Waals surface area contributed by atoms with Gasteiger partial charge < -0.3 is 0 Å². The molecule has 1 aromatic carbocycles. The quantitative estimate of drug-likeness (QED) is 0.680. The van der Waals surface area contributed by atoms with E-state index in [0.717, 1.165) is 38.2 Å². The molecule has 0 atom stereocenters. The highest BCUT2D eigenvalue weighted by Gasteiger charge is 2.27. The Bertz CT molecular complexity index is 674. The molecule has 0 spiro atoms. The number of pyridine rings is 1. The predicted octanol–water partition coefficient (Wildman–Crippen LogP) is 5.50. The van der Waals surface area contributed by atoms with Gasteiger partial charge in [-0.3, -0.25) is 0 Å². The molecule has 0 aliphatic heterocycles. The first-order valence-corrected chi connectivity index (χ1v) is 8.18. The summed E-state index contributed by atoms with van der Waals surface area (Å²) in [6, 6.07) is 9.62. The summed E-state index contributed by atoms with van der Waals surface area (Å²) in [7, 11) is 0. The molecule has 0 N–H and O–H groups in total. The van der Waals surface area contributed by atoms with Crippen molar-refractivity contribution in [3.63, 3.8) is 0 Å². The van der Waals surface area contributed by atoms with Crippen LogP contribution in [0.5, 0.6) is 0 Å². The van der Waals surface area contributed by atoms with Gasteiger partial charge in [-0.25, -0.2) is 4.39 Å². The third-order valence-corrected chi connectivity index (χ3v) is 4.94. The minimum atomic E-state index is -1.36. The molecule has 0 amide bonds. The molecule has 0 radical (unpaired) electrons. The van der Waals surface area contributed by atoms with Crippen molar-refractivity contribution in [2.24, 2.45) is 0 Å². The second-order valence-electron chi connectivity index (χ2n) is 6.28. The Morgan fingerprint density at radius 2 is 1.52 bits per heavy atom. The average Bonchev–Trinajstić information content (AvgIpc) is 2.58. The summed E-state index contributed by atoms with van der Waals surface area (Å²) in [5.41, 5.74) is 2.84. The number of nitrogens with zero attached hydrogens (tertiary/aromatic N) is 1. The zero-order valence-corrected chi connectivity index (χ0v) is 13.2. The van der Waals surface area contributed by atoms with Crippen molar-refractivity contribution in [3.05, 3.63) is 64.7 Å².